The van der Waals surface area contributed by atoms with Crippen molar-refractivity contribution in [3.63, 3.8) is 0 Å². The average Bonchev–Trinajstić information content (AvgIpc) is 2.35. The van der Waals surface area contributed by atoms with E-state index in [2.05, 4.69) is 10.2 Å². The Labute approximate surface area is 98.9 Å². The van der Waals surface area contributed by atoms with Gasteiger partial charge in [0.25, 0.3) is 0 Å². The summed E-state index contributed by atoms with van der Waals surface area (Å²) in [6, 6.07) is 9.20. The maximum atomic E-state index is 11.1. The normalized spacial score (nSPS) is 9.24. The molecule has 0 aromatic heterocycles. The highest BCUT2D eigenvalue weighted by Gasteiger charge is 2.05. The summed E-state index contributed by atoms with van der Waals surface area (Å²) in [5, 5.41) is 0. The first-order valence-corrected chi connectivity index (χ1v) is 5.12. The lowest BCUT2D eigenvalue weighted by atomic mass is 10.2. The van der Waals surface area contributed by atoms with Gasteiger partial charge in [-0.15, -0.1) is 0 Å². The summed E-state index contributed by atoms with van der Waals surface area (Å²) in [7, 11) is 0. The topological polar surface area (TPSA) is 76.7 Å². The van der Waals surface area contributed by atoms with E-state index in [9.17, 15) is 9.59 Å². The van der Waals surface area contributed by atoms with Crippen molar-refractivity contribution in [3.8, 4) is 0 Å². The first-order chi connectivity index (χ1) is 8.22. The van der Waals surface area contributed by atoms with Gasteiger partial charge in [0, 0.05) is 0 Å². The molecule has 6 heteroatoms. The van der Waals surface area contributed by atoms with Crippen molar-refractivity contribution in [2.45, 2.75) is 13.5 Å². The fourth-order valence-electron chi connectivity index (χ4n) is 1.03. The Kier molecular flexibility index (Phi) is 5.36. The van der Waals surface area contributed by atoms with Gasteiger partial charge in [0.15, 0.2) is 0 Å². The van der Waals surface area contributed by atoms with Gasteiger partial charge < -0.3 is 9.47 Å². The van der Waals surface area contributed by atoms with Crippen LogP contribution in [-0.2, 0) is 16.1 Å². The number of carbonyl (C=O) groups excluding carboxylic acids is 2. The summed E-state index contributed by atoms with van der Waals surface area (Å²) in [5.41, 5.74) is 4.95. The van der Waals surface area contributed by atoms with Gasteiger partial charge in [0.1, 0.15) is 6.61 Å². The van der Waals surface area contributed by atoms with Gasteiger partial charge in [-0.25, -0.2) is 20.4 Å². The molecule has 2 amide bonds. The molecule has 2 N–H and O–H groups in total. The monoisotopic (exact) mass is 238 g/mol. The predicted molar refractivity (Wildman–Crippen MR) is 59.9 cm³/mol. The van der Waals surface area contributed by atoms with E-state index < -0.39 is 12.2 Å². The fourth-order valence-corrected chi connectivity index (χ4v) is 1.03. The fraction of sp³-hybridized carbons (Fsp3) is 0.273. The van der Waals surface area contributed by atoms with Gasteiger partial charge in [-0.3, -0.25) is 0 Å². The molecule has 0 bridgehead atoms. The van der Waals surface area contributed by atoms with Gasteiger partial charge in [-0.05, 0) is 12.5 Å². The van der Waals surface area contributed by atoms with Crippen molar-refractivity contribution in [1.29, 1.82) is 0 Å². The minimum absolute atomic E-state index is 0.136. The molecule has 1 aromatic carbocycles. The quantitative estimate of drug-likeness (QED) is 0.784. The number of rotatable bonds is 3. The number of hydrazine groups is 1. The summed E-state index contributed by atoms with van der Waals surface area (Å²) < 4.78 is 9.37. The summed E-state index contributed by atoms with van der Waals surface area (Å²) in [6.45, 7) is 2.02. The highest BCUT2D eigenvalue weighted by Crippen LogP contribution is 1.99. The zero-order valence-electron chi connectivity index (χ0n) is 9.43. The summed E-state index contributed by atoms with van der Waals surface area (Å²) in [5.74, 6) is 0. The van der Waals surface area contributed by atoms with Crippen LogP contribution in [-0.4, -0.2) is 18.8 Å². The van der Waals surface area contributed by atoms with E-state index in [1.165, 1.54) is 0 Å². The highest BCUT2D eigenvalue weighted by atomic mass is 16.6. The lowest BCUT2D eigenvalue weighted by Crippen LogP contribution is -2.42. The molecule has 92 valence electrons. The number of amides is 2. The Balaban J connectivity index is 2.20. The Morgan fingerprint density at radius 2 is 1.65 bits per heavy atom. The molecule has 0 radical (unpaired) electrons. The molecule has 1 aromatic rings. The largest absolute Gasteiger partial charge is 0.449 e. The van der Waals surface area contributed by atoms with Crippen LogP contribution >= 0.6 is 0 Å². The van der Waals surface area contributed by atoms with Crippen molar-refractivity contribution in [2.75, 3.05) is 6.61 Å². The van der Waals surface area contributed by atoms with Crippen LogP contribution in [0.5, 0.6) is 0 Å². The van der Waals surface area contributed by atoms with Crippen molar-refractivity contribution >= 4 is 12.2 Å². The second-order valence-electron chi connectivity index (χ2n) is 3.03. The molecule has 0 aliphatic rings. The van der Waals surface area contributed by atoms with Crippen molar-refractivity contribution in [2.24, 2.45) is 0 Å². The van der Waals surface area contributed by atoms with E-state index in [1.807, 2.05) is 35.8 Å². The Hall–Kier alpha value is -2.24. The number of ether oxygens (including phenoxy) is 2. The van der Waals surface area contributed by atoms with E-state index >= 15 is 0 Å². The molecule has 0 saturated heterocycles. The molecule has 6 nitrogen and oxygen atoms in total. The van der Waals surface area contributed by atoms with Gasteiger partial charge in [0.05, 0.1) is 6.61 Å². The Morgan fingerprint density at radius 1 is 1.06 bits per heavy atom. The molecule has 0 aliphatic carbocycles. The maximum Gasteiger partial charge on any atom is 0.426 e. The van der Waals surface area contributed by atoms with Gasteiger partial charge in [-0.1, -0.05) is 30.3 Å². The molecule has 0 saturated carbocycles. The third-order valence-electron chi connectivity index (χ3n) is 1.75. The SMILES string of the molecule is CCOC(=O)NNC(=O)OCc1ccccc1. The van der Waals surface area contributed by atoms with Crippen LogP contribution in [0, 0.1) is 0 Å². The third kappa shape index (κ3) is 5.41. The van der Waals surface area contributed by atoms with E-state index in [4.69, 9.17) is 4.74 Å². The van der Waals surface area contributed by atoms with Crippen LogP contribution in [0.15, 0.2) is 30.3 Å². The Morgan fingerprint density at radius 3 is 2.24 bits per heavy atom. The van der Waals surface area contributed by atoms with Crippen LogP contribution < -0.4 is 10.9 Å². The van der Waals surface area contributed by atoms with Crippen molar-refractivity contribution in [1.82, 2.24) is 10.9 Å². The molecule has 0 spiro atoms. The minimum Gasteiger partial charge on any atom is -0.449 e. The molecule has 0 aliphatic heterocycles. The summed E-state index contributed by atoms with van der Waals surface area (Å²) in [4.78, 5) is 21.9. The smallest absolute Gasteiger partial charge is 0.426 e. The summed E-state index contributed by atoms with van der Waals surface area (Å²) in [6.07, 6.45) is -1.48. The predicted octanol–water partition coefficient (Wildman–Crippen LogP) is 1.57. The number of carbonyl (C=O) groups is 2. The molecule has 0 heterocycles. The Bertz CT molecular complexity index is 367. The van der Waals surface area contributed by atoms with Gasteiger partial charge in [0.2, 0.25) is 0 Å². The average molecular weight is 238 g/mol. The van der Waals surface area contributed by atoms with E-state index in [-0.39, 0.29) is 13.2 Å². The van der Waals surface area contributed by atoms with Crippen LogP contribution in [0.2, 0.25) is 0 Å². The van der Waals surface area contributed by atoms with Crippen LogP contribution in [0.4, 0.5) is 9.59 Å². The zero-order valence-corrected chi connectivity index (χ0v) is 9.43. The molecule has 0 fully saturated rings. The van der Waals surface area contributed by atoms with Crippen LogP contribution in [0.25, 0.3) is 0 Å². The molecule has 17 heavy (non-hydrogen) atoms. The molecular formula is C11H14N2O4. The number of benzene rings is 1. The standard InChI is InChI=1S/C11H14N2O4/c1-2-16-10(14)12-13-11(15)17-8-9-6-4-3-5-7-9/h3-7H,2,8H2,1H3,(H,12,14)(H,13,15). The first-order valence-electron chi connectivity index (χ1n) is 5.12. The molecule has 0 unspecified atom stereocenters. The number of nitrogens with one attached hydrogen (secondary N) is 2. The lowest BCUT2D eigenvalue weighted by molar-refractivity contribution is 0.123. The zero-order chi connectivity index (χ0) is 12.5. The first kappa shape index (κ1) is 12.8. The summed E-state index contributed by atoms with van der Waals surface area (Å²) >= 11 is 0. The number of hydrogen-bond donors (Lipinski definition) is 2. The maximum absolute atomic E-state index is 11.1. The highest BCUT2D eigenvalue weighted by molar-refractivity contribution is 5.73. The minimum atomic E-state index is -0.748. The molecule has 1 rings (SSSR count). The van der Waals surface area contributed by atoms with Crippen LogP contribution in [0.3, 0.4) is 0 Å². The second-order valence-corrected chi connectivity index (χ2v) is 3.03. The molecular weight excluding hydrogens is 224 g/mol. The van der Waals surface area contributed by atoms with Gasteiger partial charge >= 0.3 is 12.2 Å². The second kappa shape index (κ2) is 7.10. The van der Waals surface area contributed by atoms with Crippen molar-refractivity contribution in [3.05, 3.63) is 35.9 Å². The van der Waals surface area contributed by atoms with Gasteiger partial charge in [-0.2, -0.15) is 0 Å². The van der Waals surface area contributed by atoms with E-state index in [0.717, 1.165) is 5.56 Å². The van der Waals surface area contributed by atoms with Crippen molar-refractivity contribution < 1.29 is 19.1 Å². The van der Waals surface area contributed by atoms with E-state index in [0.29, 0.717) is 0 Å². The lowest BCUT2D eigenvalue weighted by Gasteiger charge is -2.07. The van der Waals surface area contributed by atoms with Crippen LogP contribution in [0.1, 0.15) is 12.5 Å². The third-order valence-corrected chi connectivity index (χ3v) is 1.75. The molecule has 0 atom stereocenters. The van der Waals surface area contributed by atoms with E-state index in [1.54, 1.807) is 6.92 Å². The number of hydrogen-bond acceptors (Lipinski definition) is 4.